The summed E-state index contributed by atoms with van der Waals surface area (Å²) in [5, 5.41) is 0. The molecule has 0 saturated carbocycles. The molecule has 0 aliphatic heterocycles. The Morgan fingerprint density at radius 3 is 2.47 bits per heavy atom. The Kier molecular flexibility index (Phi) is 4.86. The highest BCUT2D eigenvalue weighted by Gasteiger charge is 2.09. The predicted octanol–water partition coefficient (Wildman–Crippen LogP) is 2.47. The van der Waals surface area contributed by atoms with Crippen molar-refractivity contribution >= 4 is 5.69 Å². The van der Waals surface area contributed by atoms with E-state index in [2.05, 4.69) is 27.9 Å². The van der Waals surface area contributed by atoms with Crippen LogP contribution in [-0.4, -0.2) is 21.4 Å². The molecule has 0 spiro atoms. The van der Waals surface area contributed by atoms with Gasteiger partial charge in [0.05, 0.1) is 6.54 Å². The highest BCUT2D eigenvalue weighted by atomic mass is 15.1. The Labute approximate surface area is 114 Å². The monoisotopic (exact) mass is 256 g/mol. The van der Waals surface area contributed by atoms with Crippen LogP contribution in [-0.2, 0) is 13.1 Å². The van der Waals surface area contributed by atoms with Crippen LogP contribution in [0.5, 0.6) is 0 Å². The summed E-state index contributed by atoms with van der Waals surface area (Å²) in [6, 6.07) is 9.84. The van der Waals surface area contributed by atoms with E-state index >= 15 is 0 Å². The third-order valence-corrected chi connectivity index (χ3v) is 2.97. The summed E-state index contributed by atoms with van der Waals surface area (Å²) in [5.41, 5.74) is 8.00. The predicted molar refractivity (Wildman–Crippen MR) is 77.3 cm³/mol. The van der Waals surface area contributed by atoms with Crippen LogP contribution >= 0.6 is 0 Å². The molecule has 0 unspecified atom stereocenters. The largest absolute Gasteiger partial charge is 0.398 e. The molecule has 0 bridgehead atoms. The average molecular weight is 256 g/mol. The van der Waals surface area contributed by atoms with Gasteiger partial charge in [0, 0.05) is 24.6 Å². The van der Waals surface area contributed by atoms with Gasteiger partial charge in [-0.15, -0.1) is 0 Å². The smallest absolute Gasteiger partial charge is 0.142 e. The van der Waals surface area contributed by atoms with Crippen molar-refractivity contribution in [2.45, 2.75) is 26.4 Å². The molecule has 0 fully saturated rings. The molecule has 2 N–H and O–H groups in total. The van der Waals surface area contributed by atoms with Crippen molar-refractivity contribution in [2.75, 3.05) is 12.3 Å². The highest BCUT2D eigenvalue weighted by Crippen LogP contribution is 2.14. The summed E-state index contributed by atoms with van der Waals surface area (Å²) in [6.07, 6.45) is 4.66. The third kappa shape index (κ3) is 4.03. The van der Waals surface area contributed by atoms with Crippen LogP contribution in [0.4, 0.5) is 5.69 Å². The first-order valence-corrected chi connectivity index (χ1v) is 6.61. The number of rotatable bonds is 6. The Morgan fingerprint density at radius 2 is 1.79 bits per heavy atom. The van der Waals surface area contributed by atoms with Gasteiger partial charge in [0.25, 0.3) is 0 Å². The number of benzene rings is 1. The van der Waals surface area contributed by atoms with Crippen LogP contribution < -0.4 is 5.73 Å². The minimum Gasteiger partial charge on any atom is -0.398 e. The van der Waals surface area contributed by atoms with E-state index in [1.807, 2.05) is 24.3 Å². The van der Waals surface area contributed by atoms with Crippen molar-refractivity contribution in [3.05, 3.63) is 54.1 Å². The van der Waals surface area contributed by atoms with Crippen LogP contribution in [0, 0.1) is 0 Å². The molecular formula is C15H20N4. The van der Waals surface area contributed by atoms with Crippen molar-refractivity contribution < 1.29 is 0 Å². The quantitative estimate of drug-likeness (QED) is 0.807. The average Bonchev–Trinajstić information content (AvgIpc) is 2.43. The molecule has 0 amide bonds. The Hall–Kier alpha value is -1.94. The fraction of sp³-hybridized carbons (Fsp3) is 0.333. The van der Waals surface area contributed by atoms with Crippen molar-refractivity contribution in [1.29, 1.82) is 0 Å². The fourth-order valence-corrected chi connectivity index (χ4v) is 2.06. The molecule has 0 aliphatic carbocycles. The summed E-state index contributed by atoms with van der Waals surface area (Å²) in [7, 11) is 0. The van der Waals surface area contributed by atoms with Crippen molar-refractivity contribution in [3.63, 3.8) is 0 Å². The van der Waals surface area contributed by atoms with Gasteiger partial charge >= 0.3 is 0 Å². The van der Waals surface area contributed by atoms with Gasteiger partial charge in [0.1, 0.15) is 5.82 Å². The van der Waals surface area contributed by atoms with Gasteiger partial charge in [0.15, 0.2) is 0 Å². The number of aromatic nitrogens is 2. The summed E-state index contributed by atoms with van der Waals surface area (Å²) in [6.45, 7) is 4.77. The van der Waals surface area contributed by atoms with Crippen LogP contribution in [0.15, 0.2) is 42.7 Å². The van der Waals surface area contributed by atoms with E-state index in [1.54, 1.807) is 12.4 Å². The first-order valence-electron chi connectivity index (χ1n) is 6.61. The van der Waals surface area contributed by atoms with Crippen LogP contribution in [0.3, 0.4) is 0 Å². The Morgan fingerprint density at radius 1 is 1.05 bits per heavy atom. The van der Waals surface area contributed by atoms with E-state index < -0.39 is 0 Å². The van der Waals surface area contributed by atoms with Gasteiger partial charge in [-0.25, -0.2) is 9.97 Å². The standard InChI is InChI=1S/C15H20N4/c1-2-10-19(12-15-17-8-5-9-18-15)11-13-6-3-4-7-14(13)16/h3-9H,2,10-12,16H2,1H3. The number of nitrogen functional groups attached to an aromatic ring is 1. The number of anilines is 1. The van der Waals surface area contributed by atoms with E-state index in [1.165, 1.54) is 0 Å². The zero-order chi connectivity index (χ0) is 13.5. The van der Waals surface area contributed by atoms with Gasteiger partial charge < -0.3 is 5.73 Å². The van der Waals surface area contributed by atoms with Crippen LogP contribution in [0.2, 0.25) is 0 Å². The number of nitrogens with two attached hydrogens (primary N) is 1. The molecule has 1 heterocycles. The van der Waals surface area contributed by atoms with E-state index in [9.17, 15) is 0 Å². The van der Waals surface area contributed by atoms with Gasteiger partial charge in [0.2, 0.25) is 0 Å². The maximum atomic E-state index is 6.00. The Balaban J connectivity index is 2.06. The molecule has 0 atom stereocenters. The second-order valence-corrected chi connectivity index (χ2v) is 4.57. The SMILES string of the molecule is CCCN(Cc1ncccn1)Cc1ccccc1N. The van der Waals surface area contributed by atoms with Crippen molar-refractivity contribution in [1.82, 2.24) is 14.9 Å². The normalized spacial score (nSPS) is 10.8. The van der Waals surface area contributed by atoms with Crippen LogP contribution in [0.25, 0.3) is 0 Å². The molecule has 19 heavy (non-hydrogen) atoms. The zero-order valence-electron chi connectivity index (χ0n) is 11.3. The van der Waals surface area contributed by atoms with Gasteiger partial charge in [-0.2, -0.15) is 0 Å². The molecule has 2 rings (SSSR count). The topological polar surface area (TPSA) is 55.0 Å². The number of hydrogen-bond acceptors (Lipinski definition) is 4. The third-order valence-electron chi connectivity index (χ3n) is 2.97. The maximum Gasteiger partial charge on any atom is 0.142 e. The second-order valence-electron chi connectivity index (χ2n) is 4.57. The van der Waals surface area contributed by atoms with Crippen molar-refractivity contribution in [2.24, 2.45) is 0 Å². The minimum atomic E-state index is 0.753. The summed E-state index contributed by atoms with van der Waals surface area (Å²) < 4.78 is 0. The first kappa shape index (κ1) is 13.5. The summed E-state index contributed by atoms with van der Waals surface area (Å²) in [5.74, 6) is 0.852. The number of nitrogens with zero attached hydrogens (tertiary/aromatic N) is 3. The zero-order valence-corrected chi connectivity index (χ0v) is 11.3. The number of hydrogen-bond donors (Lipinski definition) is 1. The molecule has 0 saturated heterocycles. The molecule has 4 heteroatoms. The lowest BCUT2D eigenvalue weighted by molar-refractivity contribution is 0.251. The van der Waals surface area contributed by atoms with E-state index in [0.717, 1.165) is 43.1 Å². The molecule has 1 aromatic heterocycles. The lowest BCUT2D eigenvalue weighted by atomic mass is 10.1. The first-order chi connectivity index (χ1) is 9.29. The van der Waals surface area contributed by atoms with Crippen LogP contribution in [0.1, 0.15) is 24.7 Å². The molecule has 2 aromatic rings. The second kappa shape index (κ2) is 6.85. The molecule has 0 aliphatic rings. The summed E-state index contributed by atoms with van der Waals surface area (Å²) >= 11 is 0. The minimum absolute atomic E-state index is 0.753. The van der Waals surface area contributed by atoms with E-state index in [4.69, 9.17) is 5.73 Å². The molecule has 4 nitrogen and oxygen atoms in total. The molecule has 0 radical (unpaired) electrons. The maximum absolute atomic E-state index is 6.00. The fourth-order valence-electron chi connectivity index (χ4n) is 2.06. The van der Waals surface area contributed by atoms with E-state index in [-0.39, 0.29) is 0 Å². The van der Waals surface area contributed by atoms with Gasteiger partial charge in [-0.05, 0) is 30.7 Å². The Bertz CT molecular complexity index is 499. The van der Waals surface area contributed by atoms with Gasteiger partial charge in [-0.3, -0.25) is 4.90 Å². The van der Waals surface area contributed by atoms with E-state index in [0.29, 0.717) is 0 Å². The lowest BCUT2D eigenvalue weighted by Crippen LogP contribution is -2.25. The number of para-hydroxylation sites is 1. The molecule has 100 valence electrons. The van der Waals surface area contributed by atoms with Crippen molar-refractivity contribution in [3.8, 4) is 0 Å². The molecule has 1 aromatic carbocycles. The lowest BCUT2D eigenvalue weighted by Gasteiger charge is -2.21. The molecular weight excluding hydrogens is 236 g/mol. The van der Waals surface area contributed by atoms with Gasteiger partial charge in [-0.1, -0.05) is 25.1 Å². The summed E-state index contributed by atoms with van der Waals surface area (Å²) in [4.78, 5) is 10.9. The highest BCUT2D eigenvalue weighted by molar-refractivity contribution is 5.46.